The highest BCUT2D eigenvalue weighted by atomic mass is 35.5. The first kappa shape index (κ1) is 19.6. The van der Waals surface area contributed by atoms with Gasteiger partial charge in [0.2, 0.25) is 5.89 Å². The molecule has 0 radical (unpaired) electrons. The maximum atomic E-state index is 12.5. The van der Waals surface area contributed by atoms with Crippen LogP contribution in [-0.4, -0.2) is 16.2 Å². The molecule has 5 nitrogen and oxygen atoms in total. The van der Waals surface area contributed by atoms with E-state index >= 15 is 0 Å². The fourth-order valence-corrected chi connectivity index (χ4v) is 2.28. The summed E-state index contributed by atoms with van der Waals surface area (Å²) in [6.07, 6.45) is -1.97. The minimum Gasteiger partial charge on any atom is -0.452 e. The highest BCUT2D eigenvalue weighted by molar-refractivity contribution is 6.30. The Kier molecular flexibility index (Phi) is 5.79. The van der Waals surface area contributed by atoms with Gasteiger partial charge in [0.05, 0.1) is 5.56 Å². The molecule has 0 amide bonds. The summed E-state index contributed by atoms with van der Waals surface area (Å²) in [5.74, 6) is -0.351. The second kappa shape index (κ2) is 8.26. The van der Waals surface area contributed by atoms with Crippen molar-refractivity contribution >= 4 is 23.6 Å². The number of halogens is 4. The summed E-state index contributed by atoms with van der Waals surface area (Å²) in [5, 5.41) is 8.20. The molecule has 0 saturated heterocycles. The molecule has 0 aliphatic carbocycles. The molecule has 0 N–H and O–H groups in total. The zero-order valence-corrected chi connectivity index (χ0v) is 14.9. The summed E-state index contributed by atoms with van der Waals surface area (Å²) in [6.45, 7) is -0.239. The first-order valence-corrected chi connectivity index (χ1v) is 8.29. The number of hydrogen-bond donors (Lipinski definition) is 0. The molecule has 0 bridgehead atoms. The van der Waals surface area contributed by atoms with Crippen molar-refractivity contribution < 1.29 is 27.1 Å². The van der Waals surface area contributed by atoms with Gasteiger partial charge in [-0.1, -0.05) is 23.7 Å². The number of hydrogen-bond acceptors (Lipinski definition) is 5. The Bertz CT molecular complexity index is 981. The highest BCUT2D eigenvalue weighted by Crippen LogP contribution is 2.29. The fourth-order valence-electron chi connectivity index (χ4n) is 2.15. The van der Waals surface area contributed by atoms with Gasteiger partial charge < -0.3 is 9.15 Å². The van der Waals surface area contributed by atoms with E-state index in [2.05, 4.69) is 10.2 Å². The normalized spacial score (nSPS) is 11.7. The van der Waals surface area contributed by atoms with Crippen LogP contribution < -0.4 is 0 Å². The van der Waals surface area contributed by atoms with Crippen LogP contribution in [0.15, 0.2) is 59.0 Å². The summed E-state index contributed by atoms with van der Waals surface area (Å²) < 4.78 is 47.9. The molecular weight excluding hydrogens is 397 g/mol. The smallest absolute Gasteiger partial charge is 0.416 e. The first-order chi connectivity index (χ1) is 13.3. The SMILES string of the molecule is O=C(/C=C/c1ccc(C(F)(F)F)cc1)OCc1nnc(-c2ccc(Cl)cc2)o1. The molecule has 2 aromatic carbocycles. The van der Waals surface area contributed by atoms with E-state index in [0.717, 1.165) is 18.2 Å². The number of rotatable bonds is 5. The molecule has 0 spiro atoms. The number of nitrogens with zero attached hydrogens (tertiary/aromatic N) is 2. The van der Waals surface area contributed by atoms with E-state index in [9.17, 15) is 18.0 Å². The second-order valence-electron chi connectivity index (χ2n) is 5.57. The summed E-state index contributed by atoms with van der Waals surface area (Å²) in [6, 6.07) is 11.1. The van der Waals surface area contributed by atoms with Crippen LogP contribution in [0.2, 0.25) is 5.02 Å². The average Bonchev–Trinajstić information content (AvgIpc) is 3.14. The van der Waals surface area contributed by atoms with Gasteiger partial charge in [0.1, 0.15) is 0 Å². The largest absolute Gasteiger partial charge is 0.452 e. The molecule has 9 heteroatoms. The summed E-state index contributed by atoms with van der Waals surface area (Å²) in [5.41, 5.74) is 0.324. The maximum absolute atomic E-state index is 12.5. The quantitative estimate of drug-likeness (QED) is 0.430. The predicted octanol–water partition coefficient (Wildman–Crippen LogP) is 5.17. The van der Waals surface area contributed by atoms with Crippen molar-refractivity contribution in [1.29, 1.82) is 0 Å². The van der Waals surface area contributed by atoms with Crippen LogP contribution in [0.1, 0.15) is 17.0 Å². The molecule has 0 aliphatic rings. The Morgan fingerprint density at radius 2 is 1.75 bits per heavy atom. The lowest BCUT2D eigenvalue weighted by Gasteiger charge is -2.05. The molecule has 3 aromatic rings. The Morgan fingerprint density at radius 1 is 1.07 bits per heavy atom. The van der Waals surface area contributed by atoms with Gasteiger partial charge in [-0.15, -0.1) is 10.2 Å². The summed E-state index contributed by atoms with van der Waals surface area (Å²) in [4.78, 5) is 11.7. The number of carbonyl (C=O) groups excluding carboxylic acids is 1. The van der Waals surface area contributed by atoms with Crippen LogP contribution in [0.3, 0.4) is 0 Å². The Labute approximate surface area is 162 Å². The first-order valence-electron chi connectivity index (χ1n) is 7.92. The van der Waals surface area contributed by atoms with E-state index in [1.807, 2.05) is 0 Å². The van der Waals surface area contributed by atoms with Gasteiger partial charge in [0.25, 0.3) is 5.89 Å². The van der Waals surface area contributed by atoms with Gasteiger partial charge >= 0.3 is 12.1 Å². The molecule has 3 rings (SSSR count). The Morgan fingerprint density at radius 3 is 2.39 bits per heavy atom. The maximum Gasteiger partial charge on any atom is 0.416 e. The summed E-state index contributed by atoms with van der Waals surface area (Å²) in [7, 11) is 0. The molecule has 0 unspecified atom stereocenters. The zero-order chi connectivity index (χ0) is 20.1. The van der Waals surface area contributed by atoms with Crippen molar-refractivity contribution in [3.8, 4) is 11.5 Å². The van der Waals surface area contributed by atoms with Crippen molar-refractivity contribution in [1.82, 2.24) is 10.2 Å². The number of ether oxygens (including phenoxy) is 1. The van der Waals surface area contributed by atoms with Crippen LogP contribution in [0.5, 0.6) is 0 Å². The minimum atomic E-state index is -4.41. The lowest BCUT2D eigenvalue weighted by atomic mass is 10.1. The third-order valence-corrected chi connectivity index (χ3v) is 3.80. The van der Waals surface area contributed by atoms with Crippen molar-refractivity contribution in [2.45, 2.75) is 12.8 Å². The van der Waals surface area contributed by atoms with E-state index in [0.29, 0.717) is 16.1 Å². The fraction of sp³-hybridized carbons (Fsp3) is 0.105. The second-order valence-corrected chi connectivity index (χ2v) is 6.01. The van der Waals surface area contributed by atoms with Gasteiger partial charge in [-0.3, -0.25) is 0 Å². The number of alkyl halides is 3. The molecule has 1 heterocycles. The zero-order valence-electron chi connectivity index (χ0n) is 14.1. The Hall–Kier alpha value is -3.13. The van der Waals surface area contributed by atoms with Crippen LogP contribution in [0.4, 0.5) is 13.2 Å². The predicted molar refractivity (Wildman–Crippen MR) is 95.0 cm³/mol. The van der Waals surface area contributed by atoms with Gasteiger partial charge in [0.15, 0.2) is 6.61 Å². The third-order valence-electron chi connectivity index (χ3n) is 3.55. The molecule has 0 aliphatic heterocycles. The molecule has 0 saturated carbocycles. The standard InChI is InChI=1S/C19H12ClF3N2O3/c20-15-8-4-13(5-9-15)18-25-24-16(28-18)11-27-17(26)10-3-12-1-6-14(7-2-12)19(21,22)23/h1-10H,11H2/b10-3+. The molecule has 144 valence electrons. The summed E-state index contributed by atoms with van der Waals surface area (Å²) >= 11 is 5.81. The van der Waals surface area contributed by atoms with E-state index in [1.165, 1.54) is 18.2 Å². The third kappa shape index (κ3) is 5.20. The number of aromatic nitrogens is 2. The molecule has 0 atom stereocenters. The van der Waals surface area contributed by atoms with Gasteiger partial charge in [-0.05, 0) is 48.0 Å². The average molecular weight is 409 g/mol. The van der Waals surface area contributed by atoms with Crippen LogP contribution in [-0.2, 0) is 22.3 Å². The van der Waals surface area contributed by atoms with Crippen molar-refractivity contribution in [2.75, 3.05) is 0 Å². The van der Waals surface area contributed by atoms with Crippen molar-refractivity contribution in [2.24, 2.45) is 0 Å². The molecule has 0 fully saturated rings. The van der Waals surface area contributed by atoms with Crippen LogP contribution in [0.25, 0.3) is 17.5 Å². The minimum absolute atomic E-state index is 0.0984. The molecule has 28 heavy (non-hydrogen) atoms. The molecule has 1 aromatic heterocycles. The van der Waals surface area contributed by atoms with E-state index < -0.39 is 17.7 Å². The lowest BCUT2D eigenvalue weighted by molar-refractivity contribution is -0.139. The van der Waals surface area contributed by atoms with Crippen LogP contribution in [0, 0.1) is 0 Å². The monoisotopic (exact) mass is 408 g/mol. The van der Waals surface area contributed by atoms with Crippen LogP contribution >= 0.6 is 11.6 Å². The van der Waals surface area contributed by atoms with Gasteiger partial charge in [0, 0.05) is 16.7 Å². The number of carbonyl (C=O) groups is 1. The van der Waals surface area contributed by atoms with Gasteiger partial charge in [-0.2, -0.15) is 13.2 Å². The topological polar surface area (TPSA) is 65.2 Å². The Balaban J connectivity index is 1.54. The number of benzene rings is 2. The van der Waals surface area contributed by atoms with E-state index in [-0.39, 0.29) is 18.4 Å². The number of esters is 1. The van der Waals surface area contributed by atoms with E-state index in [1.54, 1.807) is 24.3 Å². The van der Waals surface area contributed by atoms with Gasteiger partial charge in [-0.25, -0.2) is 4.79 Å². The van der Waals surface area contributed by atoms with E-state index in [4.69, 9.17) is 20.8 Å². The van der Waals surface area contributed by atoms with Crippen molar-refractivity contribution in [3.63, 3.8) is 0 Å². The molecular formula is C19H12ClF3N2O3. The van der Waals surface area contributed by atoms with Crippen molar-refractivity contribution in [3.05, 3.63) is 76.6 Å². The lowest BCUT2D eigenvalue weighted by Crippen LogP contribution is -2.04. The highest BCUT2D eigenvalue weighted by Gasteiger charge is 2.29.